The fraction of sp³-hybridized carbons (Fsp3) is 0.500. The molecule has 1 aliphatic rings. The summed E-state index contributed by atoms with van der Waals surface area (Å²) in [5.41, 5.74) is 6.95. The second kappa shape index (κ2) is 4.80. The molecular weight excluding hydrogens is 207 g/mol. The first-order valence-electron chi connectivity index (χ1n) is 5.63. The second-order valence-corrected chi connectivity index (χ2v) is 4.11. The van der Waals surface area contributed by atoms with Crippen molar-refractivity contribution in [1.82, 2.24) is 0 Å². The van der Waals surface area contributed by atoms with Gasteiger partial charge in [-0.25, -0.2) is 4.39 Å². The molecule has 16 heavy (non-hydrogen) atoms. The quantitative estimate of drug-likeness (QED) is 0.812. The Morgan fingerprint density at radius 2 is 2.31 bits per heavy atom. The lowest BCUT2D eigenvalue weighted by atomic mass is 10.1. The molecule has 88 valence electrons. The fourth-order valence-electron chi connectivity index (χ4n) is 2.36. The number of hydrogen-bond acceptors (Lipinski definition) is 3. The Kier molecular flexibility index (Phi) is 3.41. The molecule has 0 bridgehead atoms. The third kappa shape index (κ3) is 1.90. The molecule has 0 radical (unpaired) electrons. The summed E-state index contributed by atoms with van der Waals surface area (Å²) in [6.07, 6.45) is 1.99. The van der Waals surface area contributed by atoms with Crippen LogP contribution >= 0.6 is 0 Å². The third-order valence-electron chi connectivity index (χ3n) is 3.20. The average molecular weight is 224 g/mol. The SMILES string of the molecule is NCc1c(F)cccc1N1CCCC1CO. The highest BCUT2D eigenvalue weighted by Crippen LogP contribution is 2.29. The maximum atomic E-state index is 13.6. The smallest absolute Gasteiger partial charge is 0.129 e. The van der Waals surface area contributed by atoms with Crippen LogP contribution in [0.3, 0.4) is 0 Å². The van der Waals surface area contributed by atoms with E-state index < -0.39 is 0 Å². The summed E-state index contributed by atoms with van der Waals surface area (Å²) in [5, 5.41) is 9.26. The van der Waals surface area contributed by atoms with Crippen molar-refractivity contribution in [3.05, 3.63) is 29.6 Å². The molecule has 0 aromatic heterocycles. The van der Waals surface area contributed by atoms with Crippen molar-refractivity contribution >= 4 is 5.69 Å². The van der Waals surface area contributed by atoms with E-state index in [0.29, 0.717) is 5.56 Å². The predicted molar refractivity (Wildman–Crippen MR) is 61.7 cm³/mol. The summed E-state index contributed by atoms with van der Waals surface area (Å²) in [6.45, 7) is 1.17. The molecule has 1 atom stereocenters. The summed E-state index contributed by atoms with van der Waals surface area (Å²) in [5.74, 6) is -0.261. The number of nitrogens with zero attached hydrogens (tertiary/aromatic N) is 1. The van der Waals surface area contributed by atoms with Gasteiger partial charge in [0.05, 0.1) is 12.6 Å². The first-order chi connectivity index (χ1) is 7.77. The van der Waals surface area contributed by atoms with Crippen LogP contribution in [0.4, 0.5) is 10.1 Å². The Morgan fingerprint density at radius 3 is 3.00 bits per heavy atom. The van der Waals surface area contributed by atoms with Gasteiger partial charge in [0.2, 0.25) is 0 Å². The van der Waals surface area contributed by atoms with Gasteiger partial charge < -0.3 is 15.7 Å². The van der Waals surface area contributed by atoms with Crippen molar-refractivity contribution in [1.29, 1.82) is 0 Å². The Hall–Kier alpha value is -1.13. The molecule has 0 spiro atoms. The molecule has 3 nitrogen and oxygen atoms in total. The van der Waals surface area contributed by atoms with Gasteiger partial charge >= 0.3 is 0 Å². The van der Waals surface area contributed by atoms with Crippen LogP contribution in [0.2, 0.25) is 0 Å². The summed E-state index contributed by atoms with van der Waals surface area (Å²) in [6, 6.07) is 5.10. The van der Waals surface area contributed by atoms with Gasteiger partial charge in [-0.15, -0.1) is 0 Å². The van der Waals surface area contributed by atoms with Crippen molar-refractivity contribution in [2.45, 2.75) is 25.4 Å². The van der Waals surface area contributed by atoms with Gasteiger partial charge in [-0.2, -0.15) is 0 Å². The number of benzene rings is 1. The van der Waals surface area contributed by atoms with Gasteiger partial charge in [0, 0.05) is 24.3 Å². The van der Waals surface area contributed by atoms with Gasteiger partial charge in [-0.3, -0.25) is 0 Å². The minimum absolute atomic E-state index is 0.104. The second-order valence-electron chi connectivity index (χ2n) is 4.11. The zero-order valence-electron chi connectivity index (χ0n) is 9.19. The maximum Gasteiger partial charge on any atom is 0.129 e. The van der Waals surface area contributed by atoms with Crippen LogP contribution in [-0.2, 0) is 6.54 Å². The molecule has 4 heteroatoms. The van der Waals surface area contributed by atoms with Gasteiger partial charge in [0.15, 0.2) is 0 Å². The van der Waals surface area contributed by atoms with Crippen molar-refractivity contribution in [3.63, 3.8) is 0 Å². The predicted octanol–water partition coefficient (Wildman–Crippen LogP) is 1.25. The van der Waals surface area contributed by atoms with Crippen molar-refractivity contribution in [2.75, 3.05) is 18.1 Å². The van der Waals surface area contributed by atoms with Crippen LogP contribution in [0.5, 0.6) is 0 Å². The van der Waals surface area contributed by atoms with Crippen LogP contribution in [-0.4, -0.2) is 24.3 Å². The summed E-state index contributed by atoms with van der Waals surface area (Å²) in [7, 11) is 0. The molecule has 1 unspecified atom stereocenters. The number of nitrogens with two attached hydrogens (primary N) is 1. The van der Waals surface area contributed by atoms with Crippen LogP contribution in [0.25, 0.3) is 0 Å². The number of aliphatic hydroxyl groups excluding tert-OH is 1. The molecule has 0 saturated carbocycles. The lowest BCUT2D eigenvalue weighted by Gasteiger charge is -2.27. The maximum absolute atomic E-state index is 13.6. The molecule has 1 aliphatic heterocycles. The molecule has 1 fully saturated rings. The standard InChI is InChI=1S/C12H17FN2O/c13-11-4-1-5-12(10(11)7-14)15-6-2-3-9(15)8-16/h1,4-5,9,16H,2-3,6-8,14H2. The number of halogens is 1. The lowest BCUT2D eigenvalue weighted by molar-refractivity contribution is 0.266. The molecule has 1 heterocycles. The molecule has 0 aliphatic carbocycles. The molecule has 2 rings (SSSR count). The van der Waals surface area contributed by atoms with E-state index in [1.807, 2.05) is 6.07 Å². The largest absolute Gasteiger partial charge is 0.394 e. The normalized spacial score (nSPS) is 20.4. The van der Waals surface area contributed by atoms with Gasteiger partial charge in [0.1, 0.15) is 5.82 Å². The van der Waals surface area contributed by atoms with E-state index >= 15 is 0 Å². The number of hydrogen-bond donors (Lipinski definition) is 2. The van der Waals surface area contributed by atoms with E-state index in [1.54, 1.807) is 6.07 Å². The van der Waals surface area contributed by atoms with Crippen molar-refractivity contribution in [3.8, 4) is 0 Å². The zero-order valence-corrected chi connectivity index (χ0v) is 9.19. The highest BCUT2D eigenvalue weighted by Gasteiger charge is 2.26. The lowest BCUT2D eigenvalue weighted by Crippen LogP contribution is -2.33. The molecule has 1 aromatic carbocycles. The van der Waals surface area contributed by atoms with E-state index in [2.05, 4.69) is 4.90 Å². The van der Waals surface area contributed by atoms with E-state index in [9.17, 15) is 9.50 Å². The van der Waals surface area contributed by atoms with Crippen LogP contribution in [0.1, 0.15) is 18.4 Å². The number of anilines is 1. The highest BCUT2D eigenvalue weighted by atomic mass is 19.1. The summed E-state index contributed by atoms with van der Waals surface area (Å²) >= 11 is 0. The van der Waals surface area contributed by atoms with Crippen molar-refractivity contribution in [2.24, 2.45) is 5.73 Å². The molecule has 0 amide bonds. The Labute approximate surface area is 94.7 Å². The van der Waals surface area contributed by atoms with Gasteiger partial charge in [-0.05, 0) is 25.0 Å². The molecular formula is C12H17FN2O. The fourth-order valence-corrected chi connectivity index (χ4v) is 2.36. The minimum atomic E-state index is -0.261. The van der Waals surface area contributed by atoms with Crippen LogP contribution < -0.4 is 10.6 Å². The van der Waals surface area contributed by atoms with Crippen molar-refractivity contribution < 1.29 is 9.50 Å². The molecule has 1 aromatic rings. The third-order valence-corrected chi connectivity index (χ3v) is 3.20. The summed E-state index contributed by atoms with van der Waals surface area (Å²) < 4.78 is 13.6. The Morgan fingerprint density at radius 1 is 1.50 bits per heavy atom. The first-order valence-corrected chi connectivity index (χ1v) is 5.63. The number of rotatable bonds is 3. The molecule has 1 saturated heterocycles. The van der Waals surface area contributed by atoms with E-state index in [1.165, 1.54) is 6.07 Å². The van der Waals surface area contributed by atoms with Crippen LogP contribution in [0.15, 0.2) is 18.2 Å². The number of aliphatic hydroxyl groups is 1. The van der Waals surface area contributed by atoms with Crippen LogP contribution in [0, 0.1) is 5.82 Å². The van der Waals surface area contributed by atoms with Gasteiger partial charge in [0.25, 0.3) is 0 Å². The highest BCUT2D eigenvalue weighted by molar-refractivity contribution is 5.55. The monoisotopic (exact) mass is 224 g/mol. The van der Waals surface area contributed by atoms with E-state index in [-0.39, 0.29) is 25.0 Å². The Bertz CT molecular complexity index is 370. The summed E-state index contributed by atoms with van der Waals surface area (Å²) in [4.78, 5) is 2.06. The first kappa shape index (κ1) is 11.4. The topological polar surface area (TPSA) is 49.5 Å². The van der Waals surface area contributed by atoms with E-state index in [4.69, 9.17) is 5.73 Å². The van der Waals surface area contributed by atoms with E-state index in [0.717, 1.165) is 25.1 Å². The Balaban J connectivity index is 2.35. The minimum Gasteiger partial charge on any atom is -0.394 e. The average Bonchev–Trinajstić information content (AvgIpc) is 2.76. The molecule has 3 N–H and O–H groups in total. The van der Waals surface area contributed by atoms with Gasteiger partial charge in [-0.1, -0.05) is 6.07 Å². The zero-order chi connectivity index (χ0) is 11.5.